The van der Waals surface area contributed by atoms with Gasteiger partial charge in [0.1, 0.15) is 17.8 Å². The van der Waals surface area contributed by atoms with Gasteiger partial charge in [-0.05, 0) is 30.7 Å². The fourth-order valence-electron chi connectivity index (χ4n) is 4.02. The molecule has 10 heteroatoms. The minimum absolute atomic E-state index is 0.0974. The first-order valence-electron chi connectivity index (χ1n) is 9.10. The van der Waals surface area contributed by atoms with Gasteiger partial charge in [-0.25, -0.2) is 31.5 Å². The van der Waals surface area contributed by atoms with Gasteiger partial charge in [0.15, 0.2) is 0 Å². The Labute approximate surface area is 156 Å². The molecule has 0 atom stereocenters. The summed E-state index contributed by atoms with van der Waals surface area (Å²) in [5.41, 5.74) is 0.779. The largest absolute Gasteiger partial charge is 0.356 e. The number of aromatic amines is 1. The molecule has 2 aromatic rings. The monoisotopic (exact) mass is 399 g/mol. The highest BCUT2D eigenvalue weighted by Gasteiger charge is 2.41. The molecule has 1 saturated carbocycles. The van der Waals surface area contributed by atoms with Crippen LogP contribution in [0.1, 0.15) is 19.3 Å². The zero-order chi connectivity index (χ0) is 19.2. The summed E-state index contributed by atoms with van der Waals surface area (Å²) in [7, 11) is -1.39. The molecule has 2 fully saturated rings. The lowest BCUT2D eigenvalue weighted by atomic mass is 9.81. The topological polar surface area (TPSA) is 82.2 Å². The normalized spacial score (nSPS) is 24.1. The van der Waals surface area contributed by atoms with Crippen LogP contribution in [0.3, 0.4) is 0 Å². The lowest BCUT2D eigenvalue weighted by Gasteiger charge is -2.44. The van der Waals surface area contributed by atoms with Crippen LogP contribution >= 0.6 is 0 Å². The number of sulfonamides is 1. The summed E-state index contributed by atoms with van der Waals surface area (Å²) in [4.78, 5) is 13.7. The summed E-state index contributed by atoms with van der Waals surface area (Å²) < 4.78 is 50.9. The molecular formula is C17H23F2N5O2S. The Balaban J connectivity index is 1.30. The second-order valence-electron chi connectivity index (χ2n) is 7.63. The van der Waals surface area contributed by atoms with Gasteiger partial charge in [0.05, 0.1) is 11.1 Å². The molecular weight excluding hydrogens is 376 g/mol. The molecule has 7 nitrogen and oxygen atoms in total. The second-order valence-corrected chi connectivity index (χ2v) is 9.64. The standard InChI is InChI=1S/C17H23F2N5O2S/c1-23(17-14-2-3-20-16(14)21-10-22-17)13-4-11(5-13)9-27(25,26)24-7-12(8-24)6-15(18)19/h2-3,10-13,15H,4-9H2,1H3,(H,20,21,22). The van der Waals surface area contributed by atoms with Gasteiger partial charge in [0.2, 0.25) is 16.4 Å². The molecule has 0 amide bonds. The maximum atomic E-state index is 12.4. The first-order valence-corrected chi connectivity index (χ1v) is 10.7. The van der Waals surface area contributed by atoms with Gasteiger partial charge in [0.25, 0.3) is 0 Å². The van der Waals surface area contributed by atoms with Crippen LogP contribution in [0.25, 0.3) is 11.0 Å². The summed E-state index contributed by atoms with van der Waals surface area (Å²) in [6, 6.07) is 2.17. The van der Waals surface area contributed by atoms with Gasteiger partial charge in [-0.2, -0.15) is 0 Å². The van der Waals surface area contributed by atoms with E-state index >= 15 is 0 Å². The number of nitrogens with zero attached hydrogens (tertiary/aromatic N) is 4. The van der Waals surface area contributed by atoms with E-state index in [0.29, 0.717) is 0 Å². The van der Waals surface area contributed by atoms with Crippen molar-refractivity contribution < 1.29 is 17.2 Å². The van der Waals surface area contributed by atoms with Crippen molar-refractivity contribution in [2.45, 2.75) is 31.7 Å². The summed E-state index contributed by atoms with van der Waals surface area (Å²) in [5, 5.41) is 0.946. The Hall–Kier alpha value is -1.81. The molecule has 148 valence electrons. The van der Waals surface area contributed by atoms with E-state index in [2.05, 4.69) is 19.9 Å². The summed E-state index contributed by atoms with van der Waals surface area (Å²) in [6.45, 7) is 0.463. The van der Waals surface area contributed by atoms with Crippen molar-refractivity contribution in [2.24, 2.45) is 11.8 Å². The molecule has 27 heavy (non-hydrogen) atoms. The van der Waals surface area contributed by atoms with Crippen LogP contribution < -0.4 is 4.90 Å². The highest BCUT2D eigenvalue weighted by molar-refractivity contribution is 7.89. The quantitative estimate of drug-likeness (QED) is 0.771. The van der Waals surface area contributed by atoms with Crippen LogP contribution in [0.4, 0.5) is 14.6 Å². The molecule has 1 saturated heterocycles. The van der Waals surface area contributed by atoms with E-state index in [1.807, 2.05) is 19.3 Å². The number of hydrogen-bond donors (Lipinski definition) is 1. The third-order valence-corrected chi connectivity index (χ3v) is 7.68. The molecule has 1 aliphatic carbocycles. The number of rotatable bonds is 7. The van der Waals surface area contributed by atoms with Gasteiger partial charge in [-0.15, -0.1) is 0 Å². The van der Waals surface area contributed by atoms with E-state index < -0.39 is 16.4 Å². The maximum absolute atomic E-state index is 12.4. The maximum Gasteiger partial charge on any atom is 0.239 e. The predicted octanol–water partition coefficient (Wildman–Crippen LogP) is 2.09. The summed E-state index contributed by atoms with van der Waals surface area (Å²) >= 11 is 0. The molecule has 1 N–H and O–H groups in total. The SMILES string of the molecule is CN(c1ncnc2[nH]ccc12)C1CC(CS(=O)(=O)N2CC(CC(F)F)C2)C1. The smallest absolute Gasteiger partial charge is 0.239 e. The van der Waals surface area contributed by atoms with Crippen LogP contribution in [0.15, 0.2) is 18.6 Å². The zero-order valence-electron chi connectivity index (χ0n) is 15.1. The van der Waals surface area contributed by atoms with E-state index in [1.165, 1.54) is 10.6 Å². The fourth-order valence-corrected chi connectivity index (χ4v) is 5.97. The lowest BCUT2D eigenvalue weighted by Crippen LogP contribution is -2.53. The summed E-state index contributed by atoms with van der Waals surface area (Å²) in [6.07, 6.45) is 2.32. The van der Waals surface area contributed by atoms with E-state index in [-0.39, 0.29) is 43.1 Å². The molecule has 0 unspecified atom stereocenters. The van der Waals surface area contributed by atoms with Gasteiger partial charge >= 0.3 is 0 Å². The third kappa shape index (κ3) is 3.64. The molecule has 2 aromatic heterocycles. The van der Waals surface area contributed by atoms with Gasteiger partial charge in [-0.1, -0.05) is 0 Å². The number of hydrogen-bond acceptors (Lipinski definition) is 5. The van der Waals surface area contributed by atoms with Crippen LogP contribution in [-0.4, -0.2) is 66.0 Å². The van der Waals surface area contributed by atoms with Gasteiger partial charge < -0.3 is 9.88 Å². The highest BCUT2D eigenvalue weighted by atomic mass is 32.2. The van der Waals surface area contributed by atoms with Gasteiger partial charge in [-0.3, -0.25) is 0 Å². The van der Waals surface area contributed by atoms with Crippen molar-refractivity contribution in [1.29, 1.82) is 0 Å². The van der Waals surface area contributed by atoms with Crippen molar-refractivity contribution in [1.82, 2.24) is 19.3 Å². The van der Waals surface area contributed by atoms with E-state index in [4.69, 9.17) is 0 Å². The Morgan fingerprint density at radius 3 is 2.74 bits per heavy atom. The summed E-state index contributed by atoms with van der Waals surface area (Å²) in [5.74, 6) is 0.828. The average Bonchev–Trinajstić information content (AvgIpc) is 3.01. The molecule has 0 aromatic carbocycles. The van der Waals surface area contributed by atoms with E-state index in [1.54, 1.807) is 0 Å². The van der Waals surface area contributed by atoms with E-state index in [0.717, 1.165) is 29.7 Å². The highest BCUT2D eigenvalue weighted by Crippen LogP contribution is 2.37. The van der Waals surface area contributed by atoms with Crippen LogP contribution in [0.2, 0.25) is 0 Å². The average molecular weight is 399 g/mol. The van der Waals surface area contributed by atoms with Crippen molar-refractivity contribution in [2.75, 3.05) is 30.8 Å². The van der Waals surface area contributed by atoms with Crippen molar-refractivity contribution in [3.63, 3.8) is 0 Å². The van der Waals surface area contributed by atoms with Crippen LogP contribution in [-0.2, 0) is 10.0 Å². The number of H-pyrrole nitrogens is 1. The molecule has 0 bridgehead atoms. The Morgan fingerprint density at radius 2 is 2.04 bits per heavy atom. The number of nitrogens with one attached hydrogen (secondary N) is 1. The fraction of sp³-hybridized carbons (Fsp3) is 0.647. The lowest BCUT2D eigenvalue weighted by molar-refractivity contribution is 0.0733. The van der Waals surface area contributed by atoms with E-state index in [9.17, 15) is 17.2 Å². The minimum atomic E-state index is -3.35. The molecule has 0 radical (unpaired) electrons. The first kappa shape index (κ1) is 18.5. The predicted molar refractivity (Wildman–Crippen MR) is 98.3 cm³/mol. The molecule has 4 rings (SSSR count). The number of aromatic nitrogens is 3. The van der Waals surface area contributed by atoms with Crippen LogP contribution in [0, 0.1) is 11.8 Å². The third-order valence-electron chi connectivity index (χ3n) is 5.70. The van der Waals surface area contributed by atoms with Crippen LogP contribution in [0.5, 0.6) is 0 Å². The first-order chi connectivity index (χ1) is 12.8. The Morgan fingerprint density at radius 1 is 1.30 bits per heavy atom. The second kappa shape index (κ2) is 6.97. The minimum Gasteiger partial charge on any atom is -0.356 e. The zero-order valence-corrected chi connectivity index (χ0v) is 15.9. The van der Waals surface area contributed by atoms with Crippen molar-refractivity contribution in [3.05, 3.63) is 18.6 Å². The molecule has 3 heterocycles. The number of halogens is 2. The van der Waals surface area contributed by atoms with Crippen molar-refractivity contribution in [3.8, 4) is 0 Å². The number of anilines is 1. The van der Waals surface area contributed by atoms with Gasteiger partial charge in [0, 0.05) is 38.8 Å². The molecule has 2 aliphatic rings. The number of fused-ring (bicyclic) bond motifs is 1. The number of alkyl halides is 2. The Bertz CT molecular complexity index is 907. The Kier molecular flexibility index (Phi) is 4.79. The van der Waals surface area contributed by atoms with Crippen molar-refractivity contribution >= 4 is 26.9 Å². The molecule has 0 spiro atoms. The molecule has 1 aliphatic heterocycles.